The standard InChI is InChI=1S/C18H14F4N4O2/c1-2-27-16-24-15(23-13-7-3-5-11(9-13)18(20,21)22)25-17(26-16)28-14-8-4-6-12(19)10-14/h3-10H,2H2,1H3,(H,23,24,25,26). The number of halogens is 4. The quantitative estimate of drug-likeness (QED) is 0.596. The molecule has 28 heavy (non-hydrogen) atoms. The molecule has 0 aliphatic carbocycles. The van der Waals surface area contributed by atoms with Gasteiger partial charge in [-0.2, -0.15) is 23.1 Å². The molecule has 3 rings (SSSR count). The Morgan fingerprint density at radius 2 is 1.71 bits per heavy atom. The molecule has 1 N–H and O–H groups in total. The molecule has 0 atom stereocenters. The Morgan fingerprint density at radius 3 is 2.43 bits per heavy atom. The molecule has 0 saturated carbocycles. The van der Waals surface area contributed by atoms with E-state index in [1.54, 1.807) is 6.92 Å². The highest BCUT2D eigenvalue weighted by atomic mass is 19.4. The summed E-state index contributed by atoms with van der Waals surface area (Å²) in [7, 11) is 0. The van der Waals surface area contributed by atoms with Crippen molar-refractivity contribution >= 4 is 11.6 Å². The third-order valence-corrected chi connectivity index (χ3v) is 3.32. The number of aromatic nitrogens is 3. The lowest BCUT2D eigenvalue weighted by atomic mass is 10.2. The van der Waals surface area contributed by atoms with Gasteiger partial charge in [0.05, 0.1) is 12.2 Å². The van der Waals surface area contributed by atoms with E-state index in [2.05, 4.69) is 20.3 Å². The zero-order valence-corrected chi connectivity index (χ0v) is 14.5. The highest BCUT2D eigenvalue weighted by Crippen LogP contribution is 2.31. The second-order valence-corrected chi connectivity index (χ2v) is 5.42. The molecule has 6 nitrogen and oxygen atoms in total. The topological polar surface area (TPSA) is 69.2 Å². The fraction of sp³-hybridized carbons (Fsp3) is 0.167. The van der Waals surface area contributed by atoms with Gasteiger partial charge in [-0.05, 0) is 37.3 Å². The van der Waals surface area contributed by atoms with Crippen molar-refractivity contribution in [1.29, 1.82) is 0 Å². The molecule has 1 heterocycles. The Balaban J connectivity index is 1.89. The maximum absolute atomic E-state index is 13.3. The Hall–Kier alpha value is -3.43. The number of hydrogen-bond acceptors (Lipinski definition) is 6. The van der Waals surface area contributed by atoms with Crippen LogP contribution < -0.4 is 14.8 Å². The van der Waals surface area contributed by atoms with Crippen molar-refractivity contribution in [2.75, 3.05) is 11.9 Å². The van der Waals surface area contributed by atoms with Crippen molar-refractivity contribution in [3.05, 3.63) is 59.9 Å². The second kappa shape index (κ2) is 8.07. The van der Waals surface area contributed by atoms with Gasteiger partial charge >= 0.3 is 18.2 Å². The largest absolute Gasteiger partial charge is 0.464 e. The minimum Gasteiger partial charge on any atom is -0.464 e. The second-order valence-electron chi connectivity index (χ2n) is 5.42. The molecular weight excluding hydrogens is 380 g/mol. The van der Waals surface area contributed by atoms with Gasteiger partial charge < -0.3 is 14.8 Å². The van der Waals surface area contributed by atoms with E-state index in [0.29, 0.717) is 0 Å². The van der Waals surface area contributed by atoms with Crippen LogP contribution in [-0.2, 0) is 6.18 Å². The number of anilines is 2. The van der Waals surface area contributed by atoms with Gasteiger partial charge in [-0.15, -0.1) is 4.98 Å². The summed E-state index contributed by atoms with van der Waals surface area (Å²) in [5, 5.41) is 2.66. The lowest BCUT2D eigenvalue weighted by Crippen LogP contribution is -2.07. The molecule has 0 radical (unpaired) electrons. The van der Waals surface area contributed by atoms with Crippen molar-refractivity contribution in [2.24, 2.45) is 0 Å². The van der Waals surface area contributed by atoms with E-state index in [4.69, 9.17) is 9.47 Å². The summed E-state index contributed by atoms with van der Waals surface area (Å²) in [6.45, 7) is 1.95. The lowest BCUT2D eigenvalue weighted by Gasteiger charge is -2.11. The number of hydrogen-bond donors (Lipinski definition) is 1. The third-order valence-electron chi connectivity index (χ3n) is 3.32. The number of benzene rings is 2. The SMILES string of the molecule is CCOc1nc(Nc2cccc(C(F)(F)F)c2)nc(Oc2cccc(F)c2)n1. The van der Waals surface area contributed by atoms with Gasteiger partial charge in [0.25, 0.3) is 0 Å². The first-order valence-electron chi connectivity index (χ1n) is 8.10. The summed E-state index contributed by atoms with van der Waals surface area (Å²) in [5.74, 6) is -0.471. The molecule has 0 aliphatic heterocycles. The normalized spacial score (nSPS) is 11.2. The number of rotatable bonds is 6. The zero-order chi connectivity index (χ0) is 20.1. The molecule has 0 aliphatic rings. The molecule has 10 heteroatoms. The van der Waals surface area contributed by atoms with Gasteiger partial charge in [-0.1, -0.05) is 12.1 Å². The van der Waals surface area contributed by atoms with Crippen molar-refractivity contribution in [3.63, 3.8) is 0 Å². The average Bonchev–Trinajstić information content (AvgIpc) is 2.61. The first-order chi connectivity index (χ1) is 13.3. The van der Waals surface area contributed by atoms with Crippen LogP contribution in [0.5, 0.6) is 17.8 Å². The number of nitrogens with one attached hydrogen (secondary N) is 1. The Labute approximate surface area is 157 Å². The molecule has 0 saturated heterocycles. The maximum Gasteiger partial charge on any atom is 0.416 e. The van der Waals surface area contributed by atoms with Gasteiger partial charge in [0.2, 0.25) is 5.95 Å². The summed E-state index contributed by atoms with van der Waals surface area (Å²) in [4.78, 5) is 11.9. The molecule has 0 spiro atoms. The van der Waals surface area contributed by atoms with Crippen LogP contribution in [0.1, 0.15) is 12.5 Å². The monoisotopic (exact) mass is 394 g/mol. The minimum atomic E-state index is -4.49. The van der Waals surface area contributed by atoms with Crippen LogP contribution >= 0.6 is 0 Å². The Kier molecular flexibility index (Phi) is 5.57. The molecule has 146 valence electrons. The molecule has 1 aromatic heterocycles. The van der Waals surface area contributed by atoms with Gasteiger partial charge in [0, 0.05) is 11.8 Å². The van der Waals surface area contributed by atoms with Crippen molar-refractivity contribution < 1.29 is 27.0 Å². The van der Waals surface area contributed by atoms with E-state index in [0.717, 1.165) is 18.2 Å². The molecule has 0 unspecified atom stereocenters. The van der Waals surface area contributed by atoms with Gasteiger partial charge in [-0.25, -0.2) is 4.39 Å². The zero-order valence-electron chi connectivity index (χ0n) is 14.5. The van der Waals surface area contributed by atoms with Crippen LogP contribution in [0.4, 0.5) is 29.2 Å². The molecule has 3 aromatic rings. The average molecular weight is 394 g/mol. The van der Waals surface area contributed by atoms with E-state index < -0.39 is 17.6 Å². The first kappa shape index (κ1) is 19.3. The van der Waals surface area contributed by atoms with Crippen LogP contribution in [0.15, 0.2) is 48.5 Å². The Bertz CT molecular complexity index is 966. The molecule has 0 fully saturated rings. The van der Waals surface area contributed by atoms with E-state index in [-0.39, 0.29) is 36.0 Å². The highest BCUT2D eigenvalue weighted by molar-refractivity contribution is 5.55. The summed E-state index contributed by atoms with van der Waals surface area (Å²) < 4.78 is 62.5. The predicted octanol–water partition coefficient (Wildman–Crippen LogP) is 4.96. The van der Waals surface area contributed by atoms with E-state index in [9.17, 15) is 17.6 Å². The van der Waals surface area contributed by atoms with Crippen LogP contribution in [0.25, 0.3) is 0 Å². The van der Waals surface area contributed by atoms with Crippen molar-refractivity contribution in [1.82, 2.24) is 15.0 Å². The van der Waals surface area contributed by atoms with E-state index in [1.165, 1.54) is 30.3 Å². The van der Waals surface area contributed by atoms with Crippen LogP contribution in [0.3, 0.4) is 0 Å². The van der Waals surface area contributed by atoms with Gasteiger partial charge in [-0.3, -0.25) is 0 Å². The third kappa shape index (κ3) is 5.06. The van der Waals surface area contributed by atoms with Crippen molar-refractivity contribution in [3.8, 4) is 17.8 Å². The number of alkyl halides is 3. The van der Waals surface area contributed by atoms with Crippen LogP contribution in [0.2, 0.25) is 0 Å². The van der Waals surface area contributed by atoms with E-state index in [1.807, 2.05) is 0 Å². The molecule has 0 bridgehead atoms. The summed E-state index contributed by atoms with van der Waals surface area (Å²) in [5.41, 5.74) is -0.715. The predicted molar refractivity (Wildman–Crippen MR) is 92.2 cm³/mol. The number of ether oxygens (including phenoxy) is 2. The fourth-order valence-corrected chi connectivity index (χ4v) is 2.17. The molecule has 0 amide bonds. The first-order valence-corrected chi connectivity index (χ1v) is 8.10. The number of nitrogens with zero attached hydrogens (tertiary/aromatic N) is 3. The smallest absolute Gasteiger partial charge is 0.416 e. The van der Waals surface area contributed by atoms with Gasteiger partial charge in [0.15, 0.2) is 0 Å². The van der Waals surface area contributed by atoms with E-state index >= 15 is 0 Å². The summed E-state index contributed by atoms with van der Waals surface area (Å²) >= 11 is 0. The lowest BCUT2D eigenvalue weighted by molar-refractivity contribution is -0.137. The van der Waals surface area contributed by atoms with Crippen LogP contribution in [-0.4, -0.2) is 21.6 Å². The highest BCUT2D eigenvalue weighted by Gasteiger charge is 2.30. The molecule has 2 aromatic carbocycles. The van der Waals surface area contributed by atoms with Crippen molar-refractivity contribution in [2.45, 2.75) is 13.1 Å². The minimum absolute atomic E-state index is 0.0934. The summed E-state index contributed by atoms with van der Waals surface area (Å²) in [6, 6.07) is 9.53. The fourth-order valence-electron chi connectivity index (χ4n) is 2.17. The summed E-state index contributed by atoms with van der Waals surface area (Å²) in [6.07, 6.45) is -4.49. The maximum atomic E-state index is 13.3. The molecular formula is C18H14F4N4O2. The van der Waals surface area contributed by atoms with Crippen LogP contribution in [0, 0.1) is 5.82 Å². The Morgan fingerprint density at radius 1 is 0.964 bits per heavy atom. The van der Waals surface area contributed by atoms with Gasteiger partial charge in [0.1, 0.15) is 11.6 Å².